The molecular weight excluding hydrogens is 336 g/mol. The van der Waals surface area contributed by atoms with Crippen LogP contribution in [0.1, 0.15) is 40.0 Å². The van der Waals surface area contributed by atoms with Crippen LogP contribution in [0.4, 0.5) is 0 Å². The van der Waals surface area contributed by atoms with Gasteiger partial charge in [0.2, 0.25) is 17.7 Å². The average molecular weight is 373 g/mol. The Bertz CT molecular complexity index is 444. The molecule has 3 unspecified atom stereocenters. The maximum Gasteiger partial charge on any atom is 0.243 e. The molecule has 152 valence electrons. The number of carbonyl (C=O) groups excluding carboxylic acids is 3. The molecule has 26 heavy (non-hydrogen) atoms. The number of likely N-dealkylation sites (N-methyl/N-ethyl adjacent to an activating group) is 1. The molecule has 0 aliphatic rings. The molecule has 0 radical (unpaired) electrons. The third kappa shape index (κ3) is 10.3. The highest BCUT2D eigenvalue weighted by atomic mass is 16.2. The zero-order valence-corrected chi connectivity index (χ0v) is 16.4. The second-order valence-electron chi connectivity index (χ2n) is 6.91. The van der Waals surface area contributed by atoms with E-state index in [0.29, 0.717) is 25.8 Å². The highest BCUT2D eigenvalue weighted by molar-refractivity contribution is 5.92. The largest absolute Gasteiger partial charge is 0.352 e. The summed E-state index contributed by atoms with van der Waals surface area (Å²) >= 11 is 0. The Hall–Kier alpha value is -1.71. The van der Waals surface area contributed by atoms with Crippen molar-refractivity contribution < 1.29 is 14.4 Å². The fraction of sp³-hybridized carbons (Fsp3) is 0.824. The summed E-state index contributed by atoms with van der Waals surface area (Å²) in [5.74, 6) is -0.755. The van der Waals surface area contributed by atoms with Crippen molar-refractivity contribution in [2.75, 3.05) is 26.7 Å². The van der Waals surface area contributed by atoms with Crippen molar-refractivity contribution in [2.24, 2.45) is 17.4 Å². The van der Waals surface area contributed by atoms with Crippen molar-refractivity contribution in [3.63, 3.8) is 0 Å². The lowest BCUT2D eigenvalue weighted by molar-refractivity contribution is -0.132. The lowest BCUT2D eigenvalue weighted by atomic mass is 10.0. The molecule has 0 bridgehead atoms. The monoisotopic (exact) mass is 372 g/mol. The van der Waals surface area contributed by atoms with Gasteiger partial charge in [0.15, 0.2) is 0 Å². The van der Waals surface area contributed by atoms with E-state index < -0.39 is 12.1 Å². The van der Waals surface area contributed by atoms with Crippen molar-refractivity contribution in [3.8, 4) is 0 Å². The fourth-order valence-corrected chi connectivity index (χ4v) is 2.48. The molecule has 0 saturated heterocycles. The van der Waals surface area contributed by atoms with Gasteiger partial charge >= 0.3 is 0 Å². The van der Waals surface area contributed by atoms with Gasteiger partial charge in [0.1, 0.15) is 12.1 Å². The summed E-state index contributed by atoms with van der Waals surface area (Å²) in [7, 11) is 1.65. The van der Waals surface area contributed by atoms with E-state index in [1.165, 1.54) is 0 Å². The lowest BCUT2D eigenvalue weighted by Crippen LogP contribution is -2.56. The van der Waals surface area contributed by atoms with Crippen molar-refractivity contribution in [2.45, 2.75) is 58.2 Å². The quantitative estimate of drug-likeness (QED) is 0.230. The predicted molar refractivity (Wildman–Crippen MR) is 102 cm³/mol. The van der Waals surface area contributed by atoms with Crippen LogP contribution in [-0.2, 0) is 14.4 Å². The molecule has 8 N–H and O–H groups in total. The fourth-order valence-electron chi connectivity index (χ4n) is 2.48. The maximum absolute atomic E-state index is 12.6. The highest BCUT2D eigenvalue weighted by Crippen LogP contribution is 2.06. The molecule has 9 nitrogen and oxygen atoms in total. The molecule has 0 aromatic carbocycles. The van der Waals surface area contributed by atoms with Crippen molar-refractivity contribution in [1.82, 2.24) is 21.3 Å². The van der Waals surface area contributed by atoms with Crippen LogP contribution < -0.4 is 32.7 Å². The van der Waals surface area contributed by atoms with E-state index in [4.69, 9.17) is 11.5 Å². The van der Waals surface area contributed by atoms with Gasteiger partial charge in [-0.25, -0.2) is 0 Å². The van der Waals surface area contributed by atoms with Crippen LogP contribution >= 0.6 is 0 Å². The van der Waals surface area contributed by atoms with Gasteiger partial charge in [0.05, 0.1) is 6.54 Å². The Kier molecular flexibility index (Phi) is 12.6. The van der Waals surface area contributed by atoms with Gasteiger partial charge in [-0.3, -0.25) is 14.4 Å². The molecule has 0 aliphatic carbocycles. The minimum absolute atomic E-state index is 0.0912. The number of rotatable bonds is 13. The summed E-state index contributed by atoms with van der Waals surface area (Å²) < 4.78 is 0. The minimum atomic E-state index is -0.747. The van der Waals surface area contributed by atoms with E-state index >= 15 is 0 Å². The standard InChI is InChI=1S/C17H36N6O3/c1-11(2)9-14(22-15(24)10-20-4)17(26)23-13(6-8-19)16(25)21-12(3)5-7-18/h11-14,20H,5-10,18-19H2,1-4H3,(H,21,25)(H,22,24)(H,23,26). The SMILES string of the molecule is CNCC(=O)NC(CC(C)C)C(=O)NC(CCN)C(=O)NC(C)CCN. The molecule has 9 heteroatoms. The van der Waals surface area contributed by atoms with E-state index in [1.54, 1.807) is 7.05 Å². The second-order valence-corrected chi connectivity index (χ2v) is 6.91. The highest BCUT2D eigenvalue weighted by Gasteiger charge is 2.27. The summed E-state index contributed by atoms with van der Waals surface area (Å²) in [5.41, 5.74) is 11.1. The van der Waals surface area contributed by atoms with Crippen LogP contribution in [0.3, 0.4) is 0 Å². The van der Waals surface area contributed by atoms with Crippen LogP contribution in [0, 0.1) is 5.92 Å². The van der Waals surface area contributed by atoms with E-state index in [0.717, 1.165) is 0 Å². The first kappa shape index (κ1) is 24.3. The molecule has 0 aliphatic heterocycles. The van der Waals surface area contributed by atoms with Gasteiger partial charge in [-0.15, -0.1) is 0 Å². The van der Waals surface area contributed by atoms with Crippen LogP contribution in [0.5, 0.6) is 0 Å². The van der Waals surface area contributed by atoms with Gasteiger partial charge in [-0.1, -0.05) is 13.8 Å². The summed E-state index contributed by atoms with van der Waals surface area (Å²) in [6.45, 7) is 6.61. The van der Waals surface area contributed by atoms with E-state index in [1.807, 2.05) is 20.8 Å². The molecule has 3 atom stereocenters. The predicted octanol–water partition coefficient (Wildman–Crippen LogP) is -1.58. The normalized spacial score (nSPS) is 14.4. The number of amides is 3. The topological polar surface area (TPSA) is 151 Å². The molecule has 0 heterocycles. The van der Waals surface area contributed by atoms with Crippen LogP contribution in [0.2, 0.25) is 0 Å². The second kappa shape index (κ2) is 13.5. The maximum atomic E-state index is 12.6. The first-order valence-corrected chi connectivity index (χ1v) is 9.19. The molecule has 0 aromatic rings. The molecule has 0 fully saturated rings. The Morgan fingerprint density at radius 1 is 0.846 bits per heavy atom. The number of nitrogens with two attached hydrogens (primary N) is 2. The number of hydrogen-bond acceptors (Lipinski definition) is 6. The van der Waals surface area contributed by atoms with Crippen molar-refractivity contribution >= 4 is 17.7 Å². The van der Waals surface area contributed by atoms with Crippen molar-refractivity contribution in [1.29, 1.82) is 0 Å². The Balaban J connectivity index is 4.97. The number of carbonyl (C=O) groups is 3. The first-order valence-electron chi connectivity index (χ1n) is 9.19. The van der Waals surface area contributed by atoms with Gasteiger partial charge in [0.25, 0.3) is 0 Å². The zero-order chi connectivity index (χ0) is 20.1. The van der Waals surface area contributed by atoms with Gasteiger partial charge in [-0.2, -0.15) is 0 Å². The zero-order valence-electron chi connectivity index (χ0n) is 16.4. The smallest absolute Gasteiger partial charge is 0.243 e. The van der Waals surface area contributed by atoms with E-state index in [2.05, 4.69) is 21.3 Å². The van der Waals surface area contributed by atoms with Crippen molar-refractivity contribution in [3.05, 3.63) is 0 Å². The van der Waals surface area contributed by atoms with Gasteiger partial charge < -0.3 is 32.7 Å². The molecular formula is C17H36N6O3. The Morgan fingerprint density at radius 3 is 1.92 bits per heavy atom. The van der Waals surface area contributed by atoms with Crippen LogP contribution in [0.15, 0.2) is 0 Å². The Labute approximate surface area is 156 Å². The molecule has 3 amide bonds. The molecule has 0 rings (SSSR count). The Morgan fingerprint density at radius 2 is 1.42 bits per heavy atom. The van der Waals surface area contributed by atoms with Crippen LogP contribution in [-0.4, -0.2) is 62.5 Å². The first-order chi connectivity index (χ1) is 12.2. The van der Waals surface area contributed by atoms with E-state index in [-0.39, 0.29) is 42.8 Å². The molecule has 0 saturated carbocycles. The lowest BCUT2D eigenvalue weighted by Gasteiger charge is -2.25. The summed E-state index contributed by atoms with van der Waals surface area (Å²) in [4.78, 5) is 36.9. The molecule has 0 aromatic heterocycles. The van der Waals surface area contributed by atoms with E-state index in [9.17, 15) is 14.4 Å². The molecule has 0 spiro atoms. The average Bonchev–Trinajstić information content (AvgIpc) is 2.53. The number of nitrogens with one attached hydrogen (secondary N) is 4. The van der Waals surface area contributed by atoms with Crippen LogP contribution in [0.25, 0.3) is 0 Å². The number of hydrogen-bond donors (Lipinski definition) is 6. The summed E-state index contributed by atoms with van der Waals surface area (Å²) in [6.07, 6.45) is 1.43. The third-order valence-corrected chi connectivity index (χ3v) is 3.77. The third-order valence-electron chi connectivity index (χ3n) is 3.77. The van der Waals surface area contributed by atoms with Gasteiger partial charge in [-0.05, 0) is 52.2 Å². The summed E-state index contributed by atoms with van der Waals surface area (Å²) in [6, 6.07) is -1.54. The summed E-state index contributed by atoms with van der Waals surface area (Å²) in [5, 5.41) is 11.0. The van der Waals surface area contributed by atoms with Gasteiger partial charge in [0, 0.05) is 6.04 Å². The minimum Gasteiger partial charge on any atom is -0.352 e.